The number of rotatable bonds is 3. The minimum atomic E-state index is -0.496. The second-order valence-electron chi connectivity index (χ2n) is 6.92. The molecule has 8 heteroatoms. The molecule has 8 nitrogen and oxygen atoms in total. The van der Waals surface area contributed by atoms with Gasteiger partial charge >= 0.3 is 0 Å². The van der Waals surface area contributed by atoms with E-state index in [-0.39, 0.29) is 0 Å². The van der Waals surface area contributed by atoms with Gasteiger partial charge in [-0.05, 0) is 44.0 Å². The van der Waals surface area contributed by atoms with Crippen LogP contribution in [0.4, 0.5) is 5.82 Å². The Morgan fingerprint density at radius 1 is 1.29 bits per heavy atom. The number of aryl methyl sites for hydroxylation is 1. The topological polar surface area (TPSA) is 103 Å². The monoisotopic (exact) mass is 373 g/mol. The second-order valence-corrected chi connectivity index (χ2v) is 6.92. The van der Waals surface area contributed by atoms with Gasteiger partial charge in [-0.15, -0.1) is 5.10 Å². The summed E-state index contributed by atoms with van der Waals surface area (Å²) in [7, 11) is 0. The van der Waals surface area contributed by atoms with Crippen molar-refractivity contribution in [2.24, 2.45) is 5.73 Å². The predicted molar refractivity (Wildman–Crippen MR) is 106 cm³/mol. The first-order chi connectivity index (χ1) is 13.6. The summed E-state index contributed by atoms with van der Waals surface area (Å²) in [6, 6.07) is 9.79. The summed E-state index contributed by atoms with van der Waals surface area (Å²) < 4.78 is 3.53. The molecule has 1 aliphatic heterocycles. The number of carbonyl (C=O) groups excluding carboxylic acids is 1. The molecule has 0 atom stereocenters. The molecular weight excluding hydrogens is 354 g/mol. The van der Waals surface area contributed by atoms with Crippen molar-refractivity contribution in [3.05, 3.63) is 59.5 Å². The number of nitrogens with one attached hydrogen (secondary N) is 1. The van der Waals surface area contributed by atoms with E-state index in [2.05, 4.69) is 15.4 Å². The molecule has 0 saturated carbocycles. The highest BCUT2D eigenvalue weighted by atomic mass is 16.1. The Morgan fingerprint density at radius 3 is 3.00 bits per heavy atom. The van der Waals surface area contributed by atoms with Gasteiger partial charge in [0.2, 0.25) is 0 Å². The summed E-state index contributed by atoms with van der Waals surface area (Å²) in [4.78, 5) is 16.4. The van der Waals surface area contributed by atoms with Gasteiger partial charge in [-0.25, -0.2) is 14.2 Å². The Morgan fingerprint density at radius 2 is 2.18 bits per heavy atom. The first-order valence-electron chi connectivity index (χ1n) is 9.19. The summed E-state index contributed by atoms with van der Waals surface area (Å²) >= 11 is 0. The van der Waals surface area contributed by atoms with Crippen molar-refractivity contribution in [2.75, 3.05) is 11.9 Å². The zero-order chi connectivity index (χ0) is 19.3. The van der Waals surface area contributed by atoms with Crippen molar-refractivity contribution < 1.29 is 4.79 Å². The second kappa shape index (κ2) is 6.19. The van der Waals surface area contributed by atoms with E-state index in [0.29, 0.717) is 11.1 Å². The number of pyridine rings is 2. The molecule has 1 amide bonds. The molecule has 3 N–H and O–H groups in total. The van der Waals surface area contributed by atoms with Gasteiger partial charge in [0.15, 0.2) is 11.6 Å². The lowest BCUT2D eigenvalue weighted by Gasteiger charge is -2.14. The molecule has 0 radical (unpaired) electrons. The Hall–Kier alpha value is -3.68. The van der Waals surface area contributed by atoms with Crippen LogP contribution < -0.4 is 11.1 Å². The van der Waals surface area contributed by atoms with Crippen LogP contribution in [0.1, 0.15) is 28.0 Å². The number of primary amides is 1. The van der Waals surface area contributed by atoms with Crippen molar-refractivity contribution in [3.63, 3.8) is 0 Å². The Kier molecular flexibility index (Phi) is 3.65. The number of fused-ring (bicyclic) bond motifs is 2. The maximum atomic E-state index is 11.8. The third kappa shape index (κ3) is 2.53. The molecule has 0 aromatic carbocycles. The fraction of sp³-hybridized carbons (Fsp3) is 0.200. The van der Waals surface area contributed by atoms with Crippen molar-refractivity contribution in [2.45, 2.75) is 19.8 Å². The molecule has 5 rings (SSSR count). The third-order valence-electron chi connectivity index (χ3n) is 5.03. The van der Waals surface area contributed by atoms with Gasteiger partial charge in [0.1, 0.15) is 0 Å². The maximum Gasteiger partial charge on any atom is 0.252 e. The smallest absolute Gasteiger partial charge is 0.252 e. The summed E-state index contributed by atoms with van der Waals surface area (Å²) in [5, 5.41) is 12.4. The standard InChI is InChI=1S/C20H19N7O/c1-12-4-2-6-17(24-12)27-18(14-5-3-8-22-20(14)25-27)13-7-9-26-16(10-13)15(11-23-26)19(21)28/h2,4,6-7,9-11H,3,5,8H2,1H3,(H2,21,28)(H,22,25). The average molecular weight is 373 g/mol. The number of hydrogen-bond acceptors (Lipinski definition) is 5. The predicted octanol–water partition coefficient (Wildman–Crippen LogP) is 2.35. The van der Waals surface area contributed by atoms with E-state index in [9.17, 15) is 4.79 Å². The van der Waals surface area contributed by atoms with Gasteiger partial charge in [0.05, 0.1) is 23.0 Å². The number of hydrogen-bond donors (Lipinski definition) is 2. The molecule has 0 saturated heterocycles. The van der Waals surface area contributed by atoms with E-state index < -0.39 is 5.91 Å². The Bertz CT molecular complexity index is 1220. The molecule has 1 aliphatic rings. The van der Waals surface area contributed by atoms with E-state index in [1.807, 2.05) is 48.1 Å². The lowest BCUT2D eigenvalue weighted by Crippen LogP contribution is -2.11. The molecular formula is C20H19N7O. The average Bonchev–Trinajstić information content (AvgIpc) is 3.29. The highest BCUT2D eigenvalue weighted by molar-refractivity contribution is 6.00. The van der Waals surface area contributed by atoms with Crippen LogP contribution in [0.15, 0.2) is 42.7 Å². The van der Waals surface area contributed by atoms with Crippen molar-refractivity contribution >= 4 is 17.2 Å². The molecule has 0 fully saturated rings. The maximum absolute atomic E-state index is 11.8. The van der Waals surface area contributed by atoms with Crippen LogP contribution in [0.25, 0.3) is 22.6 Å². The van der Waals surface area contributed by atoms with Crippen LogP contribution in [0.2, 0.25) is 0 Å². The summed E-state index contributed by atoms with van der Waals surface area (Å²) in [6.45, 7) is 2.86. The first kappa shape index (κ1) is 16.5. The SMILES string of the molecule is Cc1cccc(-n2nc3c(c2-c2ccn4ncc(C(N)=O)c4c2)CCCN3)n1. The summed E-state index contributed by atoms with van der Waals surface area (Å²) in [5.74, 6) is 1.15. The van der Waals surface area contributed by atoms with Crippen molar-refractivity contribution in [1.82, 2.24) is 24.4 Å². The summed E-state index contributed by atoms with van der Waals surface area (Å²) in [6.07, 6.45) is 5.30. The lowest BCUT2D eigenvalue weighted by molar-refractivity contribution is 0.100. The zero-order valence-corrected chi connectivity index (χ0v) is 15.4. The number of nitrogens with zero attached hydrogens (tertiary/aromatic N) is 5. The Balaban J connectivity index is 1.77. The third-order valence-corrected chi connectivity index (χ3v) is 5.03. The Labute approximate surface area is 161 Å². The molecule has 0 spiro atoms. The van der Waals surface area contributed by atoms with Gasteiger partial charge < -0.3 is 11.1 Å². The number of carbonyl (C=O) groups is 1. The number of nitrogens with two attached hydrogens (primary N) is 1. The van der Waals surface area contributed by atoms with Gasteiger partial charge in [-0.1, -0.05) is 6.07 Å². The quantitative estimate of drug-likeness (QED) is 0.574. The van der Waals surface area contributed by atoms with Crippen LogP contribution in [0.3, 0.4) is 0 Å². The molecule has 0 unspecified atom stereocenters. The van der Waals surface area contributed by atoms with E-state index in [0.717, 1.165) is 53.5 Å². The largest absolute Gasteiger partial charge is 0.368 e. The van der Waals surface area contributed by atoms with Gasteiger partial charge in [0, 0.05) is 29.6 Å². The molecule has 0 aliphatic carbocycles. The molecule has 140 valence electrons. The molecule has 28 heavy (non-hydrogen) atoms. The van der Waals surface area contributed by atoms with Crippen LogP contribution in [0.5, 0.6) is 0 Å². The van der Waals surface area contributed by atoms with E-state index in [1.54, 1.807) is 4.52 Å². The first-order valence-corrected chi connectivity index (χ1v) is 9.19. The van der Waals surface area contributed by atoms with E-state index in [4.69, 9.17) is 10.8 Å². The number of amides is 1. The molecule has 4 aromatic rings. The fourth-order valence-corrected chi connectivity index (χ4v) is 3.73. The highest BCUT2D eigenvalue weighted by Crippen LogP contribution is 2.35. The van der Waals surface area contributed by atoms with E-state index >= 15 is 0 Å². The van der Waals surface area contributed by atoms with Gasteiger partial charge in [0.25, 0.3) is 5.91 Å². The van der Waals surface area contributed by atoms with Crippen LogP contribution in [-0.4, -0.2) is 36.8 Å². The van der Waals surface area contributed by atoms with Gasteiger partial charge in [-0.2, -0.15) is 5.10 Å². The minimum absolute atomic E-state index is 0.397. The lowest BCUT2D eigenvalue weighted by atomic mass is 10.0. The minimum Gasteiger partial charge on any atom is -0.368 e. The van der Waals surface area contributed by atoms with E-state index in [1.165, 1.54) is 6.20 Å². The molecule has 0 bridgehead atoms. The van der Waals surface area contributed by atoms with Gasteiger partial charge in [-0.3, -0.25) is 4.79 Å². The van der Waals surface area contributed by atoms with Crippen LogP contribution in [0, 0.1) is 6.92 Å². The van der Waals surface area contributed by atoms with Crippen molar-refractivity contribution in [1.29, 1.82) is 0 Å². The molecule has 5 heterocycles. The highest BCUT2D eigenvalue weighted by Gasteiger charge is 2.24. The van der Waals surface area contributed by atoms with Crippen LogP contribution >= 0.6 is 0 Å². The van der Waals surface area contributed by atoms with Crippen LogP contribution in [-0.2, 0) is 6.42 Å². The summed E-state index contributed by atoms with van der Waals surface area (Å²) in [5.41, 5.74) is 10.6. The molecule has 4 aromatic heterocycles. The van der Waals surface area contributed by atoms with Crippen molar-refractivity contribution in [3.8, 4) is 17.1 Å². The normalized spacial score (nSPS) is 13.3. The number of anilines is 1. The zero-order valence-electron chi connectivity index (χ0n) is 15.4. The number of aromatic nitrogens is 5. The fourth-order valence-electron chi connectivity index (χ4n) is 3.73.